The summed E-state index contributed by atoms with van der Waals surface area (Å²) in [6.07, 6.45) is 1.57. The van der Waals surface area contributed by atoms with Crippen molar-refractivity contribution in [1.82, 2.24) is 14.6 Å². The van der Waals surface area contributed by atoms with E-state index in [-0.39, 0.29) is 24.1 Å². The Labute approximate surface area is 193 Å². The number of Topliss-reactive ketones (excluding diaryl/α,β-unsaturated/α-hetero) is 1. The first-order valence-electron chi connectivity index (χ1n) is 11.2. The van der Waals surface area contributed by atoms with Crippen LogP contribution in [0.15, 0.2) is 36.4 Å². The molecule has 174 valence electrons. The maximum Gasteiger partial charge on any atom is 0.308 e. The lowest BCUT2D eigenvalue weighted by Gasteiger charge is -2.32. The molecule has 1 aliphatic rings. The Morgan fingerprint density at radius 2 is 1.82 bits per heavy atom. The Kier molecular flexibility index (Phi) is 6.21. The standard InChI is InChI=1S/C25H30N4O4/c1-16-13-22-26-20(14-21(30)17-5-7-19(8-6-17)25(2,3)32)15-23(29(22)27-16)28-11-9-18(10-12-28)24(31)33-4/h5-8,13,15,18,32H,9-12,14H2,1-4H3. The third-order valence-corrected chi connectivity index (χ3v) is 6.19. The lowest BCUT2D eigenvalue weighted by atomic mass is 9.96. The molecule has 1 N–H and O–H groups in total. The maximum absolute atomic E-state index is 13.0. The highest BCUT2D eigenvalue weighted by molar-refractivity contribution is 5.97. The number of aromatic nitrogens is 3. The number of nitrogens with zero attached hydrogens (tertiary/aromatic N) is 4. The molecule has 1 fully saturated rings. The predicted molar refractivity (Wildman–Crippen MR) is 124 cm³/mol. The van der Waals surface area contributed by atoms with Crippen molar-refractivity contribution in [3.8, 4) is 0 Å². The molecule has 2 aromatic heterocycles. The van der Waals surface area contributed by atoms with E-state index in [1.165, 1.54) is 7.11 Å². The fraction of sp³-hybridized carbons (Fsp3) is 0.440. The zero-order chi connectivity index (χ0) is 23.8. The number of carbonyl (C=O) groups is 2. The van der Waals surface area contributed by atoms with Crippen molar-refractivity contribution in [1.29, 1.82) is 0 Å². The van der Waals surface area contributed by atoms with E-state index in [4.69, 9.17) is 4.74 Å². The molecule has 0 aliphatic carbocycles. The third-order valence-electron chi connectivity index (χ3n) is 6.19. The first kappa shape index (κ1) is 22.9. The molecule has 1 aromatic carbocycles. The van der Waals surface area contributed by atoms with Crippen LogP contribution in [-0.2, 0) is 21.6 Å². The Bertz CT molecular complexity index is 1170. The van der Waals surface area contributed by atoms with Gasteiger partial charge in [0.25, 0.3) is 0 Å². The number of benzene rings is 1. The van der Waals surface area contributed by atoms with Crippen molar-refractivity contribution in [2.45, 2.75) is 45.6 Å². The van der Waals surface area contributed by atoms with Crippen LogP contribution in [0.5, 0.6) is 0 Å². The number of esters is 1. The maximum atomic E-state index is 13.0. The summed E-state index contributed by atoms with van der Waals surface area (Å²) in [5.41, 5.74) is 2.59. The molecule has 33 heavy (non-hydrogen) atoms. The summed E-state index contributed by atoms with van der Waals surface area (Å²) in [5.74, 6) is 0.583. The molecule has 0 radical (unpaired) electrons. The van der Waals surface area contributed by atoms with E-state index in [1.54, 1.807) is 42.6 Å². The van der Waals surface area contributed by atoms with Crippen LogP contribution < -0.4 is 4.90 Å². The minimum atomic E-state index is -0.954. The number of piperidine rings is 1. The summed E-state index contributed by atoms with van der Waals surface area (Å²) in [6.45, 7) is 6.74. The molecule has 0 atom stereocenters. The van der Waals surface area contributed by atoms with Crippen LogP contribution in [-0.4, -0.2) is 51.7 Å². The van der Waals surface area contributed by atoms with Crippen LogP contribution >= 0.6 is 0 Å². The van der Waals surface area contributed by atoms with Crippen molar-refractivity contribution in [2.75, 3.05) is 25.1 Å². The van der Waals surface area contributed by atoms with Gasteiger partial charge >= 0.3 is 5.97 Å². The van der Waals surface area contributed by atoms with Gasteiger partial charge in [-0.05, 0) is 39.2 Å². The average Bonchev–Trinajstić information content (AvgIpc) is 3.17. The fourth-order valence-electron chi connectivity index (χ4n) is 4.28. The molecule has 4 rings (SSSR count). The summed E-state index contributed by atoms with van der Waals surface area (Å²) in [5, 5.41) is 14.7. The van der Waals surface area contributed by atoms with E-state index in [2.05, 4.69) is 15.0 Å². The fourth-order valence-corrected chi connectivity index (χ4v) is 4.28. The molecule has 3 heterocycles. The Morgan fingerprint density at radius 1 is 1.15 bits per heavy atom. The molecule has 0 unspecified atom stereocenters. The number of anilines is 1. The molecule has 0 bridgehead atoms. The van der Waals surface area contributed by atoms with Crippen LogP contribution in [0.3, 0.4) is 0 Å². The molecular formula is C25H30N4O4. The second-order valence-corrected chi connectivity index (χ2v) is 9.18. The summed E-state index contributed by atoms with van der Waals surface area (Å²) in [4.78, 5) is 31.7. The van der Waals surface area contributed by atoms with Crippen molar-refractivity contribution in [3.05, 3.63) is 58.9 Å². The monoisotopic (exact) mass is 450 g/mol. The predicted octanol–water partition coefficient (Wildman–Crippen LogP) is 3.08. The molecule has 8 nitrogen and oxygen atoms in total. The van der Waals surface area contributed by atoms with Gasteiger partial charge in [0.15, 0.2) is 11.4 Å². The number of aliphatic hydroxyl groups is 1. The number of fused-ring (bicyclic) bond motifs is 1. The lowest BCUT2D eigenvalue weighted by Crippen LogP contribution is -2.38. The number of aryl methyl sites for hydroxylation is 1. The lowest BCUT2D eigenvalue weighted by molar-refractivity contribution is -0.146. The summed E-state index contributed by atoms with van der Waals surface area (Å²) in [6, 6.07) is 10.9. The molecule has 1 aliphatic heterocycles. The van der Waals surface area contributed by atoms with Gasteiger partial charge in [-0.15, -0.1) is 0 Å². The Hall–Kier alpha value is -3.26. The molecule has 0 spiro atoms. The normalized spacial score (nSPS) is 15.1. The number of rotatable bonds is 6. The van der Waals surface area contributed by atoms with Crippen LogP contribution in [0.2, 0.25) is 0 Å². The van der Waals surface area contributed by atoms with E-state index >= 15 is 0 Å². The minimum absolute atomic E-state index is 0.0410. The van der Waals surface area contributed by atoms with Crippen molar-refractivity contribution in [3.63, 3.8) is 0 Å². The van der Waals surface area contributed by atoms with Crippen molar-refractivity contribution >= 4 is 23.2 Å². The van der Waals surface area contributed by atoms with Crippen LogP contribution in [0.1, 0.15) is 54.0 Å². The quantitative estimate of drug-likeness (QED) is 0.455. The Balaban J connectivity index is 1.58. The largest absolute Gasteiger partial charge is 0.469 e. The first-order chi connectivity index (χ1) is 15.7. The van der Waals surface area contributed by atoms with Crippen LogP contribution in [0, 0.1) is 12.8 Å². The molecule has 8 heteroatoms. The van der Waals surface area contributed by atoms with E-state index in [1.807, 2.05) is 19.1 Å². The van der Waals surface area contributed by atoms with Gasteiger partial charge in [-0.3, -0.25) is 9.59 Å². The number of methoxy groups -OCH3 is 1. The highest BCUT2D eigenvalue weighted by Crippen LogP contribution is 2.26. The van der Waals surface area contributed by atoms with Gasteiger partial charge in [-0.25, -0.2) is 4.98 Å². The SMILES string of the molecule is COC(=O)C1CCN(c2cc(CC(=O)c3ccc(C(C)(C)O)cc3)nc3cc(C)nn23)CC1. The van der Waals surface area contributed by atoms with Gasteiger partial charge < -0.3 is 14.7 Å². The van der Waals surface area contributed by atoms with E-state index < -0.39 is 5.60 Å². The zero-order valence-electron chi connectivity index (χ0n) is 19.5. The second-order valence-electron chi connectivity index (χ2n) is 9.18. The van der Waals surface area contributed by atoms with Gasteiger partial charge in [0, 0.05) is 30.8 Å². The molecule has 0 amide bonds. The summed E-state index contributed by atoms with van der Waals surface area (Å²) >= 11 is 0. The van der Waals surface area contributed by atoms with Gasteiger partial charge in [0.1, 0.15) is 5.82 Å². The first-order valence-corrected chi connectivity index (χ1v) is 11.2. The van der Waals surface area contributed by atoms with Crippen molar-refractivity contribution in [2.24, 2.45) is 5.92 Å². The van der Waals surface area contributed by atoms with Crippen LogP contribution in [0.25, 0.3) is 5.65 Å². The topological polar surface area (TPSA) is 97.0 Å². The third kappa shape index (κ3) is 4.90. The number of carbonyl (C=O) groups excluding carboxylic acids is 2. The number of ether oxygens (including phenoxy) is 1. The molecule has 0 saturated carbocycles. The second kappa shape index (κ2) is 8.94. The Morgan fingerprint density at radius 3 is 2.42 bits per heavy atom. The van der Waals surface area contributed by atoms with E-state index in [0.29, 0.717) is 42.8 Å². The number of hydrogen-bond acceptors (Lipinski definition) is 7. The highest BCUT2D eigenvalue weighted by atomic mass is 16.5. The number of hydrogen-bond donors (Lipinski definition) is 1. The van der Waals surface area contributed by atoms with E-state index in [0.717, 1.165) is 17.1 Å². The van der Waals surface area contributed by atoms with Gasteiger partial charge in [0.05, 0.1) is 36.4 Å². The highest BCUT2D eigenvalue weighted by Gasteiger charge is 2.27. The van der Waals surface area contributed by atoms with Gasteiger partial charge in [-0.2, -0.15) is 9.61 Å². The van der Waals surface area contributed by atoms with Crippen LogP contribution in [0.4, 0.5) is 5.82 Å². The smallest absolute Gasteiger partial charge is 0.308 e. The number of ketones is 1. The van der Waals surface area contributed by atoms with Crippen molar-refractivity contribution < 1.29 is 19.4 Å². The summed E-state index contributed by atoms with van der Waals surface area (Å²) < 4.78 is 6.70. The molecular weight excluding hydrogens is 420 g/mol. The summed E-state index contributed by atoms with van der Waals surface area (Å²) in [7, 11) is 1.43. The van der Waals surface area contributed by atoms with Gasteiger partial charge in [-0.1, -0.05) is 24.3 Å². The molecule has 3 aromatic rings. The van der Waals surface area contributed by atoms with Gasteiger partial charge in [0.2, 0.25) is 0 Å². The minimum Gasteiger partial charge on any atom is -0.469 e. The van der Waals surface area contributed by atoms with E-state index in [9.17, 15) is 14.7 Å². The molecule has 1 saturated heterocycles. The average molecular weight is 451 g/mol. The zero-order valence-corrected chi connectivity index (χ0v) is 19.5.